The molecule has 0 unspecified atom stereocenters. The van der Waals surface area contributed by atoms with Crippen LogP contribution < -0.4 is 0 Å². The minimum Gasteiger partial charge on any atom is -0.744 e. The monoisotopic (exact) mass is 1310 g/mol. The maximum Gasteiger partial charge on any atom is 2.00 e. The fourth-order valence-electron chi connectivity index (χ4n) is 12.2. The number of hydrogen-bond acceptors (Lipinski definition) is 6. The zero-order valence-corrected chi connectivity index (χ0v) is 60.2. The Hall–Kier alpha value is -1.21. The molecule has 0 aromatic heterocycles. The summed E-state index contributed by atoms with van der Waals surface area (Å²) >= 11 is 0. The van der Waals surface area contributed by atoms with Gasteiger partial charge in [0.25, 0.3) is 0 Å². The quantitative estimate of drug-likeness (QED) is 0.0247. The van der Waals surface area contributed by atoms with Gasteiger partial charge in [-0.1, -0.05) is 334 Å². The minimum atomic E-state index is -4.52. The Morgan fingerprint density at radius 2 is 0.446 bits per heavy atom. The van der Waals surface area contributed by atoms with E-state index >= 15 is 0 Å². The fourth-order valence-corrected chi connectivity index (χ4v) is 13.7. The molecular formula is C74H122BaO6S2. The Morgan fingerprint density at radius 3 is 0.651 bits per heavy atom. The Balaban J connectivity index is 0.000000560. The van der Waals surface area contributed by atoms with Crippen LogP contribution in [-0.4, -0.2) is 74.8 Å². The largest absolute Gasteiger partial charge is 2.00 e. The van der Waals surface area contributed by atoms with E-state index in [-0.39, 0.29) is 58.7 Å². The van der Waals surface area contributed by atoms with Crippen LogP contribution in [0, 0.1) is 0 Å². The van der Waals surface area contributed by atoms with Crippen LogP contribution in [0.4, 0.5) is 0 Å². The molecule has 0 bridgehead atoms. The van der Waals surface area contributed by atoms with E-state index in [0.717, 1.165) is 97.2 Å². The van der Waals surface area contributed by atoms with Crippen molar-refractivity contribution in [3.8, 4) is 0 Å². The summed E-state index contributed by atoms with van der Waals surface area (Å²) in [6.07, 6.45) is 63.9. The summed E-state index contributed by atoms with van der Waals surface area (Å²) < 4.78 is 73.0. The van der Waals surface area contributed by atoms with Gasteiger partial charge in [-0.25, -0.2) is 16.8 Å². The van der Waals surface area contributed by atoms with E-state index in [9.17, 15) is 25.9 Å². The van der Waals surface area contributed by atoms with E-state index in [0.29, 0.717) is 10.8 Å². The van der Waals surface area contributed by atoms with Crippen LogP contribution >= 0.6 is 0 Å². The molecule has 6 nitrogen and oxygen atoms in total. The van der Waals surface area contributed by atoms with Gasteiger partial charge in [0.05, 0.1) is 9.79 Å². The van der Waals surface area contributed by atoms with E-state index in [1.807, 2.05) is 24.3 Å². The Bertz CT molecular complexity index is 2260. The zero-order chi connectivity index (χ0) is 59.2. The molecule has 468 valence electrons. The first-order valence-corrected chi connectivity index (χ1v) is 37.8. The van der Waals surface area contributed by atoms with E-state index in [1.165, 1.54) is 257 Å². The molecule has 0 radical (unpaired) electrons. The molecule has 83 heavy (non-hydrogen) atoms. The van der Waals surface area contributed by atoms with Crippen molar-refractivity contribution in [2.45, 2.75) is 359 Å². The molecule has 0 aliphatic heterocycles. The Kier molecular flexibility index (Phi) is 47.5. The first kappa shape index (κ1) is 77.9. The summed E-state index contributed by atoms with van der Waals surface area (Å²) in [5.41, 5.74) is 4.19. The Labute approximate surface area is 552 Å². The van der Waals surface area contributed by atoms with E-state index in [4.69, 9.17) is 0 Å². The predicted octanol–water partition coefficient (Wildman–Crippen LogP) is 23.3. The van der Waals surface area contributed by atoms with Gasteiger partial charge in [0.2, 0.25) is 0 Å². The molecule has 0 atom stereocenters. The van der Waals surface area contributed by atoms with Gasteiger partial charge in [0.15, 0.2) is 0 Å². The first-order valence-electron chi connectivity index (χ1n) is 34.9. The molecule has 0 spiro atoms. The zero-order valence-electron chi connectivity index (χ0n) is 54.1. The second-order valence-electron chi connectivity index (χ2n) is 25.1. The van der Waals surface area contributed by atoms with Gasteiger partial charge >= 0.3 is 48.9 Å². The van der Waals surface area contributed by atoms with Gasteiger partial charge in [-0.2, -0.15) is 0 Å². The average molecular weight is 1310 g/mol. The summed E-state index contributed by atoms with van der Waals surface area (Å²) in [6.45, 7) is 9.03. The molecular weight excluding hydrogens is 1190 g/mol. The third-order valence-electron chi connectivity index (χ3n) is 17.4. The van der Waals surface area contributed by atoms with Crippen molar-refractivity contribution in [2.24, 2.45) is 0 Å². The molecule has 0 aliphatic carbocycles. The molecule has 0 N–H and O–H groups in total. The third kappa shape index (κ3) is 38.1. The molecule has 0 fully saturated rings. The summed E-state index contributed by atoms with van der Waals surface area (Å²) in [5, 5.41) is 2.93. The molecule has 4 rings (SSSR count). The normalized spacial score (nSPS) is 11.8. The first-order chi connectivity index (χ1) is 39.9. The van der Waals surface area contributed by atoms with Crippen molar-refractivity contribution in [3.05, 3.63) is 82.9 Å². The summed E-state index contributed by atoms with van der Waals surface area (Å²) in [4.78, 5) is -0.0779. The number of aryl methyl sites for hydroxylation is 4. The van der Waals surface area contributed by atoms with Crippen molar-refractivity contribution in [2.75, 3.05) is 0 Å². The van der Waals surface area contributed by atoms with Crippen LogP contribution in [0.15, 0.2) is 70.5 Å². The standard InChI is InChI=1S/2C37H62O3S.Ba/c2*1-3-5-7-9-11-12-13-14-15-16-17-18-19-21-23-25-27-34-30-35-29-28-33(26-24-22-20-10-8-6-4-2)31-36(35)37(32-34)41(38,39)40;/h2*28-32H,3-27H2,1-2H3,(H,38,39,40);/q;;+2/p-2. The number of unbranched alkanes of at least 4 members (excludes halogenated alkanes) is 42. The van der Waals surface area contributed by atoms with Crippen molar-refractivity contribution in [1.82, 2.24) is 0 Å². The number of fused-ring (bicyclic) bond motifs is 2. The van der Waals surface area contributed by atoms with Gasteiger partial charge in [-0.3, -0.25) is 0 Å². The smallest absolute Gasteiger partial charge is 0.744 e. The minimum absolute atomic E-state index is 0. The topological polar surface area (TPSA) is 114 Å². The maximum absolute atomic E-state index is 12.2. The second-order valence-corrected chi connectivity index (χ2v) is 27.8. The van der Waals surface area contributed by atoms with Crippen LogP contribution in [0.1, 0.15) is 345 Å². The van der Waals surface area contributed by atoms with Crippen LogP contribution in [0.2, 0.25) is 0 Å². The van der Waals surface area contributed by atoms with Gasteiger partial charge in [0, 0.05) is 0 Å². The average Bonchev–Trinajstić information content (AvgIpc) is 3.53. The Morgan fingerprint density at radius 1 is 0.253 bits per heavy atom. The van der Waals surface area contributed by atoms with Gasteiger partial charge < -0.3 is 9.11 Å². The fraction of sp³-hybridized carbons (Fsp3) is 0.730. The van der Waals surface area contributed by atoms with Gasteiger partial charge in [0.1, 0.15) is 20.2 Å². The molecule has 0 amide bonds. The molecule has 0 saturated carbocycles. The van der Waals surface area contributed by atoms with Crippen LogP contribution in [0.25, 0.3) is 21.5 Å². The van der Waals surface area contributed by atoms with E-state index in [1.54, 1.807) is 12.1 Å². The predicted molar refractivity (Wildman–Crippen MR) is 359 cm³/mol. The van der Waals surface area contributed by atoms with Crippen molar-refractivity contribution >= 4 is 90.7 Å². The molecule has 0 saturated heterocycles. The second kappa shape index (κ2) is 50.6. The summed E-state index contributed by atoms with van der Waals surface area (Å²) in [6, 6.07) is 19.6. The molecule has 4 aromatic rings. The van der Waals surface area contributed by atoms with Crippen LogP contribution in [0.3, 0.4) is 0 Å². The molecule has 4 aromatic carbocycles. The summed E-state index contributed by atoms with van der Waals surface area (Å²) in [5.74, 6) is 0. The maximum atomic E-state index is 12.2. The van der Waals surface area contributed by atoms with E-state index in [2.05, 4.69) is 52.0 Å². The van der Waals surface area contributed by atoms with Crippen LogP contribution in [-0.2, 0) is 45.9 Å². The SMILES string of the molecule is CCCCCCCCCCCCCCCCCCc1cc(S(=O)(=O)[O-])c2cc(CCCCCCCCC)ccc2c1.CCCCCCCCCCCCCCCCCCc1cc(S(=O)(=O)[O-])c2cc(CCCCCCCCC)ccc2c1.[Ba+2]. The number of rotatable bonds is 52. The van der Waals surface area contributed by atoms with Gasteiger partial charge in [-0.15, -0.1) is 0 Å². The van der Waals surface area contributed by atoms with Crippen molar-refractivity contribution < 1.29 is 25.9 Å². The van der Waals surface area contributed by atoms with E-state index < -0.39 is 20.2 Å². The third-order valence-corrected chi connectivity index (χ3v) is 19.1. The molecule has 0 aliphatic rings. The molecule has 9 heteroatoms. The molecule has 0 heterocycles. The van der Waals surface area contributed by atoms with Crippen LogP contribution in [0.5, 0.6) is 0 Å². The van der Waals surface area contributed by atoms with Gasteiger partial charge in [-0.05, 0) is 119 Å². The van der Waals surface area contributed by atoms with Crippen molar-refractivity contribution in [3.63, 3.8) is 0 Å². The number of hydrogen-bond donors (Lipinski definition) is 0. The van der Waals surface area contributed by atoms with Crippen molar-refractivity contribution in [1.29, 1.82) is 0 Å². The summed E-state index contributed by atoms with van der Waals surface area (Å²) in [7, 11) is -9.04. The number of benzene rings is 4.